The zero-order valence-electron chi connectivity index (χ0n) is 11.6. The summed E-state index contributed by atoms with van der Waals surface area (Å²) in [5.74, 6) is 0. The maximum atomic E-state index is 4.55. The van der Waals surface area contributed by atoms with Crippen LogP contribution in [0.25, 0.3) is 0 Å². The molecule has 0 bridgehead atoms. The fourth-order valence-electron chi connectivity index (χ4n) is 2.33. The molecule has 0 aliphatic carbocycles. The summed E-state index contributed by atoms with van der Waals surface area (Å²) in [6.45, 7) is 4.10. The van der Waals surface area contributed by atoms with E-state index >= 15 is 0 Å². The number of rotatable bonds is 4. The van der Waals surface area contributed by atoms with Crippen molar-refractivity contribution in [2.45, 2.75) is 26.3 Å². The first-order chi connectivity index (χ1) is 9.10. The topological polar surface area (TPSA) is 24.9 Å². The number of likely N-dealkylation sites (N-methyl/N-ethyl adjacent to an activating group) is 1. The SMILES string of the molecule is CNC(Cc1cccc(Br)c1)c1ccc(C)nc1C. The Balaban J connectivity index is 2.25. The van der Waals surface area contributed by atoms with Crippen molar-refractivity contribution in [3.8, 4) is 0 Å². The molecule has 0 saturated carbocycles. The molecule has 1 N–H and O–H groups in total. The van der Waals surface area contributed by atoms with Crippen molar-refractivity contribution in [3.63, 3.8) is 0 Å². The highest BCUT2D eigenvalue weighted by molar-refractivity contribution is 9.10. The lowest BCUT2D eigenvalue weighted by molar-refractivity contribution is 0.585. The van der Waals surface area contributed by atoms with Gasteiger partial charge in [-0.15, -0.1) is 0 Å². The average Bonchev–Trinajstić information content (AvgIpc) is 2.37. The number of pyridine rings is 1. The zero-order valence-corrected chi connectivity index (χ0v) is 13.2. The molecular formula is C16H19BrN2. The van der Waals surface area contributed by atoms with Crippen molar-refractivity contribution in [1.82, 2.24) is 10.3 Å². The molecule has 1 aromatic carbocycles. The number of benzene rings is 1. The van der Waals surface area contributed by atoms with E-state index in [1.165, 1.54) is 11.1 Å². The Morgan fingerprint density at radius 3 is 2.63 bits per heavy atom. The molecule has 0 amide bonds. The predicted molar refractivity (Wildman–Crippen MR) is 83.4 cm³/mol. The lowest BCUT2D eigenvalue weighted by Gasteiger charge is -2.19. The monoisotopic (exact) mass is 318 g/mol. The summed E-state index contributed by atoms with van der Waals surface area (Å²) in [5.41, 5.74) is 4.76. The number of nitrogens with one attached hydrogen (secondary N) is 1. The van der Waals surface area contributed by atoms with E-state index in [9.17, 15) is 0 Å². The summed E-state index contributed by atoms with van der Waals surface area (Å²) in [4.78, 5) is 4.55. The van der Waals surface area contributed by atoms with Crippen LogP contribution in [0.4, 0.5) is 0 Å². The number of nitrogens with zero attached hydrogens (tertiary/aromatic N) is 1. The first kappa shape index (κ1) is 14.2. The molecule has 0 spiro atoms. The minimum Gasteiger partial charge on any atom is -0.313 e. The Bertz CT molecular complexity index is 566. The van der Waals surface area contributed by atoms with Gasteiger partial charge in [0.1, 0.15) is 0 Å². The van der Waals surface area contributed by atoms with E-state index in [2.05, 4.69) is 69.6 Å². The highest BCUT2D eigenvalue weighted by atomic mass is 79.9. The molecule has 1 heterocycles. The van der Waals surface area contributed by atoms with Gasteiger partial charge in [-0.3, -0.25) is 4.98 Å². The van der Waals surface area contributed by atoms with Crippen molar-refractivity contribution in [2.24, 2.45) is 0 Å². The van der Waals surface area contributed by atoms with Crippen LogP contribution in [-0.2, 0) is 6.42 Å². The van der Waals surface area contributed by atoms with E-state index in [1.807, 2.05) is 14.0 Å². The summed E-state index contributed by atoms with van der Waals surface area (Å²) in [5, 5.41) is 3.39. The molecular weight excluding hydrogens is 300 g/mol. The maximum absolute atomic E-state index is 4.55. The van der Waals surface area contributed by atoms with Crippen LogP contribution in [0, 0.1) is 13.8 Å². The van der Waals surface area contributed by atoms with Gasteiger partial charge in [0.2, 0.25) is 0 Å². The van der Waals surface area contributed by atoms with E-state index in [0.717, 1.165) is 22.3 Å². The molecule has 0 aliphatic rings. The molecule has 0 radical (unpaired) electrons. The van der Waals surface area contributed by atoms with Gasteiger partial charge in [0.15, 0.2) is 0 Å². The molecule has 2 nitrogen and oxygen atoms in total. The van der Waals surface area contributed by atoms with Crippen molar-refractivity contribution in [2.75, 3.05) is 7.05 Å². The lowest BCUT2D eigenvalue weighted by Crippen LogP contribution is -2.20. The molecule has 100 valence electrons. The zero-order chi connectivity index (χ0) is 13.8. The molecule has 0 fully saturated rings. The van der Waals surface area contributed by atoms with Crippen molar-refractivity contribution < 1.29 is 0 Å². The molecule has 0 aliphatic heterocycles. The highest BCUT2D eigenvalue weighted by Gasteiger charge is 2.13. The third-order valence-electron chi connectivity index (χ3n) is 3.32. The van der Waals surface area contributed by atoms with Gasteiger partial charge in [-0.1, -0.05) is 34.1 Å². The van der Waals surface area contributed by atoms with Crippen LogP contribution < -0.4 is 5.32 Å². The fraction of sp³-hybridized carbons (Fsp3) is 0.312. The first-order valence-electron chi connectivity index (χ1n) is 6.46. The van der Waals surface area contributed by atoms with Gasteiger partial charge in [0, 0.05) is 21.9 Å². The summed E-state index contributed by atoms with van der Waals surface area (Å²) in [6.07, 6.45) is 0.960. The van der Waals surface area contributed by atoms with Crippen LogP contribution >= 0.6 is 15.9 Å². The summed E-state index contributed by atoms with van der Waals surface area (Å²) >= 11 is 3.52. The second-order valence-electron chi connectivity index (χ2n) is 4.80. The second kappa shape index (κ2) is 6.31. The van der Waals surface area contributed by atoms with E-state index in [0.29, 0.717) is 6.04 Å². The largest absolute Gasteiger partial charge is 0.313 e. The molecule has 2 rings (SSSR count). The van der Waals surface area contributed by atoms with E-state index < -0.39 is 0 Å². The number of hydrogen-bond donors (Lipinski definition) is 1. The van der Waals surface area contributed by atoms with Crippen molar-refractivity contribution in [1.29, 1.82) is 0 Å². The van der Waals surface area contributed by atoms with Crippen LogP contribution in [0.2, 0.25) is 0 Å². The van der Waals surface area contributed by atoms with Gasteiger partial charge in [-0.05, 0) is 56.6 Å². The van der Waals surface area contributed by atoms with Gasteiger partial charge < -0.3 is 5.32 Å². The van der Waals surface area contributed by atoms with Crippen molar-refractivity contribution in [3.05, 3.63) is 63.4 Å². The number of aryl methyl sites for hydroxylation is 2. The van der Waals surface area contributed by atoms with Crippen LogP contribution in [0.15, 0.2) is 40.9 Å². The fourth-order valence-corrected chi connectivity index (χ4v) is 2.78. The molecule has 1 aromatic heterocycles. The number of halogens is 1. The third-order valence-corrected chi connectivity index (χ3v) is 3.81. The standard InChI is InChI=1S/C16H19BrN2/c1-11-7-8-15(12(2)19-11)16(18-3)10-13-5-4-6-14(17)9-13/h4-9,16,18H,10H2,1-3H3. The van der Waals surface area contributed by atoms with Gasteiger partial charge >= 0.3 is 0 Å². The number of aromatic nitrogens is 1. The molecule has 0 saturated heterocycles. The van der Waals surface area contributed by atoms with Crippen LogP contribution in [0.5, 0.6) is 0 Å². The van der Waals surface area contributed by atoms with Gasteiger partial charge in [0.05, 0.1) is 0 Å². The normalized spacial score (nSPS) is 12.4. The predicted octanol–water partition coefficient (Wildman–Crippen LogP) is 3.96. The van der Waals surface area contributed by atoms with Crippen LogP contribution in [-0.4, -0.2) is 12.0 Å². The minimum atomic E-state index is 0.294. The smallest absolute Gasteiger partial charge is 0.0423 e. The molecule has 1 atom stereocenters. The molecule has 1 unspecified atom stereocenters. The molecule has 3 heteroatoms. The average molecular weight is 319 g/mol. The van der Waals surface area contributed by atoms with E-state index in [1.54, 1.807) is 0 Å². The summed E-state index contributed by atoms with van der Waals surface area (Å²) in [6, 6.07) is 13.0. The number of hydrogen-bond acceptors (Lipinski definition) is 2. The highest BCUT2D eigenvalue weighted by Crippen LogP contribution is 2.22. The summed E-state index contributed by atoms with van der Waals surface area (Å²) < 4.78 is 1.12. The molecule has 2 aromatic rings. The van der Waals surface area contributed by atoms with E-state index in [-0.39, 0.29) is 0 Å². The Labute approximate surface area is 123 Å². The van der Waals surface area contributed by atoms with Crippen LogP contribution in [0.1, 0.15) is 28.6 Å². The Morgan fingerprint density at radius 1 is 1.21 bits per heavy atom. The quantitative estimate of drug-likeness (QED) is 0.922. The third kappa shape index (κ3) is 3.64. The first-order valence-corrected chi connectivity index (χ1v) is 7.25. The maximum Gasteiger partial charge on any atom is 0.0423 e. The van der Waals surface area contributed by atoms with Crippen LogP contribution in [0.3, 0.4) is 0 Å². The van der Waals surface area contributed by atoms with Gasteiger partial charge in [0.25, 0.3) is 0 Å². The summed E-state index contributed by atoms with van der Waals surface area (Å²) in [7, 11) is 2.00. The lowest BCUT2D eigenvalue weighted by atomic mass is 9.98. The Hall–Kier alpha value is -1.19. The minimum absolute atomic E-state index is 0.294. The Morgan fingerprint density at radius 2 is 2.00 bits per heavy atom. The van der Waals surface area contributed by atoms with Gasteiger partial charge in [-0.2, -0.15) is 0 Å². The van der Waals surface area contributed by atoms with Crippen molar-refractivity contribution >= 4 is 15.9 Å². The van der Waals surface area contributed by atoms with Gasteiger partial charge in [-0.25, -0.2) is 0 Å². The van der Waals surface area contributed by atoms with E-state index in [4.69, 9.17) is 0 Å². The molecule has 19 heavy (non-hydrogen) atoms. The second-order valence-corrected chi connectivity index (χ2v) is 5.72. The Kier molecular flexibility index (Phi) is 4.72.